The lowest BCUT2D eigenvalue weighted by molar-refractivity contribution is 0.0796. The van der Waals surface area contributed by atoms with Crippen molar-refractivity contribution in [3.05, 3.63) is 42.0 Å². The normalized spacial score (nSPS) is 10.6. The number of amides is 1. The number of phenols is 1. The summed E-state index contributed by atoms with van der Waals surface area (Å²) in [5.41, 5.74) is 5.73. The molecule has 0 aliphatic rings. The summed E-state index contributed by atoms with van der Waals surface area (Å²) < 4.78 is 0. The third-order valence-corrected chi connectivity index (χ3v) is 2.94. The molecule has 0 saturated carbocycles. The lowest BCUT2D eigenvalue weighted by Crippen LogP contribution is -2.31. The zero-order chi connectivity index (χ0) is 13.1. The van der Waals surface area contributed by atoms with Crippen LogP contribution in [0.25, 0.3) is 10.8 Å². The van der Waals surface area contributed by atoms with Gasteiger partial charge < -0.3 is 15.7 Å². The molecule has 2 aromatic carbocycles. The molecule has 0 unspecified atom stereocenters. The Balaban J connectivity index is 2.46. The SMILES string of the molecule is CN(CCN)C(=O)c1ccc2ccccc2c1O. The summed E-state index contributed by atoms with van der Waals surface area (Å²) in [6, 6.07) is 10.9. The first-order chi connectivity index (χ1) is 8.65. The first kappa shape index (κ1) is 12.4. The standard InChI is InChI=1S/C14H16N2O2/c1-16(9-8-15)14(18)12-7-6-10-4-2-3-5-11(10)13(12)17/h2-7,17H,8-9,15H2,1H3. The summed E-state index contributed by atoms with van der Waals surface area (Å²) >= 11 is 0. The second-order valence-corrected chi connectivity index (χ2v) is 4.20. The molecule has 2 rings (SSSR count). The van der Waals surface area contributed by atoms with Crippen LogP contribution in [0.15, 0.2) is 36.4 Å². The van der Waals surface area contributed by atoms with Gasteiger partial charge in [-0.05, 0) is 11.5 Å². The predicted octanol–water partition coefficient (Wildman–Crippen LogP) is 1.58. The molecule has 1 amide bonds. The molecule has 94 valence electrons. The highest BCUT2D eigenvalue weighted by molar-refractivity contribution is 6.03. The van der Waals surface area contributed by atoms with Gasteiger partial charge in [0.1, 0.15) is 5.75 Å². The van der Waals surface area contributed by atoms with Gasteiger partial charge in [-0.1, -0.05) is 30.3 Å². The van der Waals surface area contributed by atoms with Gasteiger partial charge in [-0.3, -0.25) is 4.79 Å². The van der Waals surface area contributed by atoms with Gasteiger partial charge in [0.25, 0.3) is 5.91 Å². The summed E-state index contributed by atoms with van der Waals surface area (Å²) in [5.74, 6) is -0.189. The minimum Gasteiger partial charge on any atom is -0.506 e. The van der Waals surface area contributed by atoms with Crippen molar-refractivity contribution < 1.29 is 9.90 Å². The number of fused-ring (bicyclic) bond motifs is 1. The lowest BCUT2D eigenvalue weighted by Gasteiger charge is -2.17. The molecule has 0 aliphatic carbocycles. The fraction of sp³-hybridized carbons (Fsp3) is 0.214. The fourth-order valence-electron chi connectivity index (χ4n) is 1.93. The van der Waals surface area contributed by atoms with Crippen LogP contribution >= 0.6 is 0 Å². The summed E-state index contributed by atoms with van der Waals surface area (Å²) in [7, 11) is 1.67. The van der Waals surface area contributed by atoms with Crippen LogP contribution in [0.5, 0.6) is 5.75 Å². The molecule has 0 aromatic heterocycles. The molecule has 0 atom stereocenters. The Morgan fingerprint density at radius 3 is 2.72 bits per heavy atom. The smallest absolute Gasteiger partial charge is 0.257 e. The van der Waals surface area contributed by atoms with Crippen molar-refractivity contribution in [1.82, 2.24) is 4.90 Å². The minimum atomic E-state index is -0.219. The number of aromatic hydroxyl groups is 1. The topological polar surface area (TPSA) is 66.6 Å². The van der Waals surface area contributed by atoms with E-state index in [1.165, 1.54) is 4.90 Å². The van der Waals surface area contributed by atoms with E-state index < -0.39 is 0 Å². The van der Waals surface area contributed by atoms with Crippen molar-refractivity contribution in [3.8, 4) is 5.75 Å². The van der Waals surface area contributed by atoms with Crippen LogP contribution < -0.4 is 5.73 Å². The Hall–Kier alpha value is -2.07. The van der Waals surface area contributed by atoms with Gasteiger partial charge in [-0.25, -0.2) is 0 Å². The minimum absolute atomic E-state index is 0.0296. The molecule has 18 heavy (non-hydrogen) atoms. The molecular weight excluding hydrogens is 228 g/mol. The average Bonchev–Trinajstić information content (AvgIpc) is 2.39. The van der Waals surface area contributed by atoms with Gasteiger partial charge in [-0.2, -0.15) is 0 Å². The molecule has 0 radical (unpaired) electrons. The highest BCUT2D eigenvalue weighted by atomic mass is 16.3. The Labute approximate surface area is 106 Å². The van der Waals surface area contributed by atoms with E-state index in [1.807, 2.05) is 24.3 Å². The predicted molar refractivity (Wildman–Crippen MR) is 71.6 cm³/mol. The van der Waals surface area contributed by atoms with Gasteiger partial charge in [0.2, 0.25) is 0 Å². The second kappa shape index (κ2) is 5.06. The summed E-state index contributed by atoms with van der Waals surface area (Å²) in [4.78, 5) is 13.6. The van der Waals surface area contributed by atoms with Crippen LogP contribution in [0, 0.1) is 0 Å². The molecule has 0 heterocycles. The number of carbonyl (C=O) groups excluding carboxylic acids is 1. The summed E-state index contributed by atoms with van der Waals surface area (Å²) in [6.45, 7) is 0.863. The largest absolute Gasteiger partial charge is 0.506 e. The monoisotopic (exact) mass is 244 g/mol. The number of carbonyl (C=O) groups is 1. The molecule has 0 fully saturated rings. The Morgan fingerprint density at radius 1 is 1.28 bits per heavy atom. The van der Waals surface area contributed by atoms with E-state index in [9.17, 15) is 9.90 Å². The zero-order valence-corrected chi connectivity index (χ0v) is 10.3. The van der Waals surface area contributed by atoms with Crippen LogP contribution in [0.3, 0.4) is 0 Å². The average molecular weight is 244 g/mol. The number of nitrogens with zero attached hydrogens (tertiary/aromatic N) is 1. The van der Waals surface area contributed by atoms with Crippen molar-refractivity contribution in [2.24, 2.45) is 5.73 Å². The fourth-order valence-corrected chi connectivity index (χ4v) is 1.93. The van der Waals surface area contributed by atoms with Gasteiger partial charge in [0, 0.05) is 25.5 Å². The van der Waals surface area contributed by atoms with E-state index in [2.05, 4.69) is 0 Å². The van der Waals surface area contributed by atoms with Gasteiger partial charge in [0.05, 0.1) is 5.56 Å². The van der Waals surface area contributed by atoms with E-state index in [4.69, 9.17) is 5.73 Å². The Kier molecular flexibility index (Phi) is 3.48. The molecular formula is C14H16N2O2. The highest BCUT2D eigenvalue weighted by Crippen LogP contribution is 2.29. The van der Waals surface area contributed by atoms with Crippen LogP contribution in [0.1, 0.15) is 10.4 Å². The molecule has 0 spiro atoms. The number of hydrogen-bond donors (Lipinski definition) is 2. The lowest BCUT2D eigenvalue weighted by atomic mass is 10.0. The highest BCUT2D eigenvalue weighted by Gasteiger charge is 2.16. The number of nitrogens with two attached hydrogens (primary N) is 1. The van der Waals surface area contributed by atoms with Crippen molar-refractivity contribution in [2.45, 2.75) is 0 Å². The van der Waals surface area contributed by atoms with Crippen LogP contribution in [0.2, 0.25) is 0 Å². The van der Waals surface area contributed by atoms with Crippen molar-refractivity contribution in [1.29, 1.82) is 0 Å². The van der Waals surface area contributed by atoms with Crippen molar-refractivity contribution >= 4 is 16.7 Å². The zero-order valence-electron chi connectivity index (χ0n) is 10.3. The number of phenolic OH excluding ortho intramolecular Hbond substituents is 1. The molecule has 0 saturated heterocycles. The van der Waals surface area contributed by atoms with Crippen molar-refractivity contribution in [2.75, 3.05) is 20.1 Å². The van der Waals surface area contributed by atoms with E-state index in [0.29, 0.717) is 24.0 Å². The second-order valence-electron chi connectivity index (χ2n) is 4.20. The van der Waals surface area contributed by atoms with E-state index >= 15 is 0 Å². The third-order valence-electron chi connectivity index (χ3n) is 2.94. The molecule has 4 nitrogen and oxygen atoms in total. The molecule has 3 N–H and O–H groups in total. The van der Waals surface area contributed by atoms with Gasteiger partial charge in [0.15, 0.2) is 0 Å². The summed E-state index contributed by atoms with van der Waals surface area (Å²) in [5, 5.41) is 11.8. The van der Waals surface area contributed by atoms with Gasteiger partial charge >= 0.3 is 0 Å². The Morgan fingerprint density at radius 2 is 2.00 bits per heavy atom. The quantitative estimate of drug-likeness (QED) is 0.861. The molecule has 0 bridgehead atoms. The van der Waals surface area contributed by atoms with Crippen LogP contribution in [0.4, 0.5) is 0 Å². The number of hydrogen-bond acceptors (Lipinski definition) is 3. The van der Waals surface area contributed by atoms with Crippen molar-refractivity contribution in [3.63, 3.8) is 0 Å². The maximum absolute atomic E-state index is 12.1. The van der Waals surface area contributed by atoms with E-state index in [1.54, 1.807) is 19.2 Å². The first-order valence-corrected chi connectivity index (χ1v) is 5.81. The molecule has 2 aromatic rings. The molecule has 4 heteroatoms. The van der Waals surface area contributed by atoms with Crippen LogP contribution in [-0.2, 0) is 0 Å². The van der Waals surface area contributed by atoms with Gasteiger partial charge in [-0.15, -0.1) is 0 Å². The van der Waals surface area contributed by atoms with Crippen LogP contribution in [-0.4, -0.2) is 36.1 Å². The number of likely N-dealkylation sites (N-methyl/N-ethyl adjacent to an activating group) is 1. The van der Waals surface area contributed by atoms with E-state index in [-0.39, 0.29) is 11.7 Å². The molecule has 0 aliphatic heterocycles. The maximum atomic E-state index is 12.1. The Bertz CT molecular complexity index is 581. The number of rotatable bonds is 3. The third kappa shape index (κ3) is 2.15. The van der Waals surface area contributed by atoms with E-state index in [0.717, 1.165) is 5.39 Å². The maximum Gasteiger partial charge on any atom is 0.257 e. The summed E-state index contributed by atoms with van der Waals surface area (Å²) in [6.07, 6.45) is 0. The number of benzene rings is 2. The first-order valence-electron chi connectivity index (χ1n) is 5.81.